The quantitative estimate of drug-likeness (QED) is 0.454. The van der Waals surface area contributed by atoms with Crippen LogP contribution in [0.15, 0.2) is 9.52 Å². The highest BCUT2D eigenvalue weighted by molar-refractivity contribution is 7.09. The monoisotopic (exact) mass is 378 g/mol. The fourth-order valence-corrected chi connectivity index (χ4v) is 3.64. The number of anilines is 1. The van der Waals surface area contributed by atoms with Crippen LogP contribution in [0.3, 0.4) is 0 Å². The van der Waals surface area contributed by atoms with E-state index in [0.717, 1.165) is 68.9 Å². The molecule has 0 saturated carbocycles. The summed E-state index contributed by atoms with van der Waals surface area (Å²) in [5.74, 6) is 3.25. The molecule has 3 heterocycles. The summed E-state index contributed by atoms with van der Waals surface area (Å²) in [7, 11) is 1.83. The van der Waals surface area contributed by atoms with Crippen molar-refractivity contribution in [2.45, 2.75) is 33.1 Å². The van der Waals surface area contributed by atoms with Crippen molar-refractivity contribution in [3.8, 4) is 0 Å². The van der Waals surface area contributed by atoms with E-state index < -0.39 is 0 Å². The van der Waals surface area contributed by atoms with Gasteiger partial charge in [0.1, 0.15) is 5.82 Å². The average Bonchev–Trinajstić information content (AvgIpc) is 3.31. The predicted molar refractivity (Wildman–Crippen MR) is 102 cm³/mol. The Bertz CT molecular complexity index is 719. The van der Waals surface area contributed by atoms with Gasteiger partial charge in [-0.15, -0.1) is 0 Å². The minimum Gasteiger partial charge on any atom is -0.356 e. The van der Waals surface area contributed by atoms with Gasteiger partial charge in [0.15, 0.2) is 11.8 Å². The molecule has 0 unspecified atom stereocenters. The van der Waals surface area contributed by atoms with E-state index in [9.17, 15) is 0 Å². The summed E-state index contributed by atoms with van der Waals surface area (Å²) in [4.78, 5) is 17.8. The van der Waals surface area contributed by atoms with Crippen molar-refractivity contribution in [1.82, 2.24) is 29.7 Å². The Hall–Kier alpha value is -2.23. The predicted octanol–water partition coefficient (Wildman–Crippen LogP) is 1.12. The van der Waals surface area contributed by atoms with Gasteiger partial charge in [0, 0.05) is 64.1 Å². The highest BCUT2D eigenvalue weighted by Gasteiger charge is 2.21. The third-order valence-corrected chi connectivity index (χ3v) is 5.07. The Labute approximate surface area is 157 Å². The molecule has 1 aliphatic heterocycles. The van der Waals surface area contributed by atoms with Crippen LogP contribution in [0.1, 0.15) is 30.9 Å². The fraction of sp³-hybridized carbons (Fsp3) is 0.688. The number of piperazine rings is 1. The minimum absolute atomic E-state index is 0.683. The fourth-order valence-electron chi connectivity index (χ4n) is 2.84. The number of nitrogens with zero attached hydrogens (tertiary/aromatic N) is 7. The lowest BCUT2D eigenvalue weighted by molar-refractivity contribution is 0.365. The van der Waals surface area contributed by atoms with Crippen LogP contribution < -0.4 is 10.2 Å². The molecule has 9 nitrogen and oxygen atoms in total. The number of aliphatic imine (C=N–C) groups is 1. The first-order chi connectivity index (χ1) is 12.7. The number of aryl methyl sites for hydroxylation is 3. The number of guanidine groups is 1. The molecule has 0 bridgehead atoms. The second kappa shape index (κ2) is 8.93. The van der Waals surface area contributed by atoms with E-state index in [-0.39, 0.29) is 0 Å². The molecule has 3 rings (SSSR count). The molecule has 1 N–H and O–H groups in total. The maximum atomic E-state index is 5.13. The molecule has 0 aliphatic carbocycles. The molecule has 2 aromatic heterocycles. The van der Waals surface area contributed by atoms with Gasteiger partial charge >= 0.3 is 0 Å². The van der Waals surface area contributed by atoms with Gasteiger partial charge in [0.2, 0.25) is 11.0 Å². The molecule has 0 spiro atoms. The van der Waals surface area contributed by atoms with Crippen molar-refractivity contribution in [3.63, 3.8) is 0 Å². The van der Waals surface area contributed by atoms with Gasteiger partial charge < -0.3 is 19.6 Å². The molecule has 2 aromatic rings. The second-order valence-corrected chi connectivity index (χ2v) is 6.86. The summed E-state index contributed by atoms with van der Waals surface area (Å²) in [5.41, 5.74) is 0. The number of aromatic nitrogens is 4. The zero-order chi connectivity index (χ0) is 18.4. The third kappa shape index (κ3) is 4.69. The van der Waals surface area contributed by atoms with Crippen molar-refractivity contribution in [1.29, 1.82) is 0 Å². The molecule has 26 heavy (non-hydrogen) atoms. The Balaban J connectivity index is 1.41. The van der Waals surface area contributed by atoms with Gasteiger partial charge in [0.25, 0.3) is 0 Å². The Morgan fingerprint density at radius 2 is 2.08 bits per heavy atom. The first kappa shape index (κ1) is 18.6. The summed E-state index contributed by atoms with van der Waals surface area (Å²) in [6.45, 7) is 8.44. The Kier molecular flexibility index (Phi) is 6.37. The molecular formula is C16H26N8OS. The topological polar surface area (TPSA) is 95.6 Å². The van der Waals surface area contributed by atoms with Crippen molar-refractivity contribution < 1.29 is 4.52 Å². The van der Waals surface area contributed by atoms with Gasteiger partial charge in [-0.25, -0.2) is 4.98 Å². The first-order valence-electron chi connectivity index (χ1n) is 9.02. The summed E-state index contributed by atoms with van der Waals surface area (Å²) in [6.07, 6.45) is 2.58. The third-order valence-electron chi connectivity index (χ3n) is 4.26. The van der Waals surface area contributed by atoms with E-state index in [0.29, 0.717) is 11.7 Å². The van der Waals surface area contributed by atoms with Crippen LogP contribution in [0.2, 0.25) is 0 Å². The van der Waals surface area contributed by atoms with E-state index in [1.807, 2.05) is 14.0 Å². The summed E-state index contributed by atoms with van der Waals surface area (Å²) >= 11 is 1.49. The van der Waals surface area contributed by atoms with Gasteiger partial charge in [-0.2, -0.15) is 9.36 Å². The van der Waals surface area contributed by atoms with Crippen LogP contribution in [-0.2, 0) is 12.8 Å². The maximum absolute atomic E-state index is 5.13. The Morgan fingerprint density at radius 1 is 1.27 bits per heavy atom. The zero-order valence-electron chi connectivity index (χ0n) is 15.6. The SMILES string of the molecule is CCc1nsc(N2CCN(C(=NC)NCCCc3nc(C)no3)CC2)n1. The number of hydrogen-bond donors (Lipinski definition) is 1. The van der Waals surface area contributed by atoms with Crippen LogP contribution in [-0.4, -0.2) is 70.1 Å². The lowest BCUT2D eigenvalue weighted by Gasteiger charge is -2.36. The Morgan fingerprint density at radius 3 is 2.69 bits per heavy atom. The van der Waals surface area contributed by atoms with Gasteiger partial charge in [-0.1, -0.05) is 12.1 Å². The maximum Gasteiger partial charge on any atom is 0.226 e. The molecule has 1 fully saturated rings. The van der Waals surface area contributed by atoms with E-state index in [2.05, 4.69) is 46.5 Å². The summed E-state index contributed by atoms with van der Waals surface area (Å²) in [6, 6.07) is 0. The largest absolute Gasteiger partial charge is 0.356 e. The number of nitrogens with one attached hydrogen (secondary N) is 1. The molecule has 10 heteroatoms. The molecule has 0 atom stereocenters. The van der Waals surface area contributed by atoms with Crippen LogP contribution in [0.4, 0.5) is 5.13 Å². The highest BCUT2D eigenvalue weighted by atomic mass is 32.1. The lowest BCUT2D eigenvalue weighted by atomic mass is 10.3. The number of hydrogen-bond acceptors (Lipinski definition) is 8. The normalized spacial score (nSPS) is 15.6. The van der Waals surface area contributed by atoms with E-state index in [1.165, 1.54) is 11.5 Å². The van der Waals surface area contributed by atoms with Crippen molar-refractivity contribution >= 4 is 22.6 Å². The van der Waals surface area contributed by atoms with Gasteiger partial charge in [-0.05, 0) is 13.3 Å². The second-order valence-electron chi connectivity index (χ2n) is 6.13. The standard InChI is InChI=1S/C16H26N8OS/c1-4-13-20-16(26-22-13)24-10-8-23(9-11-24)15(17-3)18-7-5-6-14-19-12(2)21-25-14/h4-11H2,1-3H3,(H,17,18). The van der Waals surface area contributed by atoms with E-state index in [1.54, 1.807) is 0 Å². The minimum atomic E-state index is 0.683. The van der Waals surface area contributed by atoms with Gasteiger partial charge in [0.05, 0.1) is 0 Å². The average molecular weight is 379 g/mol. The molecule has 1 aliphatic rings. The van der Waals surface area contributed by atoms with E-state index >= 15 is 0 Å². The summed E-state index contributed by atoms with van der Waals surface area (Å²) in [5, 5.41) is 8.26. The van der Waals surface area contributed by atoms with Crippen LogP contribution in [0.25, 0.3) is 0 Å². The lowest BCUT2D eigenvalue weighted by Crippen LogP contribution is -2.52. The number of rotatable bonds is 6. The van der Waals surface area contributed by atoms with Crippen LogP contribution >= 0.6 is 11.5 Å². The molecule has 0 amide bonds. The summed E-state index contributed by atoms with van der Waals surface area (Å²) < 4.78 is 9.51. The van der Waals surface area contributed by atoms with Crippen molar-refractivity contribution in [3.05, 3.63) is 17.5 Å². The molecular weight excluding hydrogens is 352 g/mol. The molecule has 0 radical (unpaired) electrons. The highest BCUT2D eigenvalue weighted by Crippen LogP contribution is 2.19. The van der Waals surface area contributed by atoms with Crippen LogP contribution in [0.5, 0.6) is 0 Å². The zero-order valence-corrected chi connectivity index (χ0v) is 16.4. The molecule has 0 aromatic carbocycles. The molecule has 1 saturated heterocycles. The first-order valence-corrected chi connectivity index (χ1v) is 9.79. The van der Waals surface area contributed by atoms with E-state index in [4.69, 9.17) is 4.52 Å². The molecule has 142 valence electrons. The van der Waals surface area contributed by atoms with Gasteiger partial charge in [-0.3, -0.25) is 4.99 Å². The van der Waals surface area contributed by atoms with Crippen LogP contribution in [0, 0.1) is 6.92 Å². The smallest absolute Gasteiger partial charge is 0.226 e. The van der Waals surface area contributed by atoms with Crippen molar-refractivity contribution in [2.24, 2.45) is 4.99 Å². The van der Waals surface area contributed by atoms with Crippen molar-refractivity contribution in [2.75, 3.05) is 44.7 Å².